The van der Waals surface area contributed by atoms with E-state index in [1.807, 2.05) is 0 Å². The highest BCUT2D eigenvalue weighted by Gasteiger charge is 2.09. The van der Waals surface area contributed by atoms with Gasteiger partial charge in [-0.25, -0.2) is 4.79 Å². The summed E-state index contributed by atoms with van der Waals surface area (Å²) in [6, 6.07) is 0. The Balaban J connectivity index is 3.63. The number of ether oxygens (including phenoxy) is 1. The molecule has 0 fully saturated rings. The van der Waals surface area contributed by atoms with E-state index in [2.05, 4.69) is 10.5 Å². The highest BCUT2D eigenvalue weighted by Crippen LogP contribution is 1.89. The van der Waals surface area contributed by atoms with Crippen LogP contribution in [-0.2, 0) is 9.53 Å². The number of rotatable bonds is 2. The second-order valence-electron chi connectivity index (χ2n) is 1.69. The Bertz CT molecular complexity index is 132. The molecule has 0 spiro atoms. The number of nitrogens with two attached hydrogens (primary N) is 1. The number of primary amides is 1. The van der Waals surface area contributed by atoms with Gasteiger partial charge in [-0.3, -0.25) is 4.79 Å². The molecule has 0 aliphatic heterocycles. The van der Waals surface area contributed by atoms with Gasteiger partial charge in [0.25, 0.3) is 0 Å². The lowest BCUT2D eigenvalue weighted by molar-refractivity contribution is -0.124. The van der Waals surface area contributed by atoms with Crippen LogP contribution in [0.4, 0.5) is 4.79 Å². The van der Waals surface area contributed by atoms with Crippen LogP contribution in [0.5, 0.6) is 0 Å². The zero-order valence-electron chi connectivity index (χ0n) is 5.38. The van der Waals surface area contributed by atoms with E-state index in [-0.39, 0.29) is 5.78 Å². The number of hydrogen-bond donors (Lipinski definition) is 1. The van der Waals surface area contributed by atoms with Crippen LogP contribution >= 0.6 is 0 Å². The summed E-state index contributed by atoms with van der Waals surface area (Å²) in [5.41, 5.74) is 4.62. The smallest absolute Gasteiger partial charge is 0.405 e. The van der Waals surface area contributed by atoms with E-state index in [1.54, 1.807) is 0 Å². The second-order valence-corrected chi connectivity index (χ2v) is 1.69. The predicted molar refractivity (Wildman–Crippen MR) is 30.8 cm³/mol. The number of carbonyl (C=O) groups excluding carboxylic acids is 2. The topological polar surface area (TPSA) is 69.4 Å². The van der Waals surface area contributed by atoms with Crippen LogP contribution in [0.3, 0.4) is 0 Å². The van der Waals surface area contributed by atoms with Crippen LogP contribution in [0.15, 0.2) is 0 Å². The van der Waals surface area contributed by atoms with Gasteiger partial charge >= 0.3 is 6.09 Å². The summed E-state index contributed by atoms with van der Waals surface area (Å²) < 4.78 is 4.30. The monoisotopic (exact) mass is 131 g/mol. The Hall–Kier alpha value is -1.06. The molecule has 0 saturated carbocycles. The van der Waals surface area contributed by atoms with Crippen molar-refractivity contribution in [1.82, 2.24) is 0 Å². The molecule has 0 aromatic heterocycles. The maximum Gasteiger partial charge on any atom is 0.405 e. The first-order chi connectivity index (χ1) is 4.04. The Labute approximate surface area is 53.0 Å². The van der Waals surface area contributed by atoms with Gasteiger partial charge in [-0.2, -0.15) is 0 Å². The minimum atomic E-state index is -0.919. The lowest BCUT2D eigenvalue weighted by Crippen LogP contribution is -2.25. The van der Waals surface area contributed by atoms with Gasteiger partial charge < -0.3 is 10.5 Å². The van der Waals surface area contributed by atoms with Gasteiger partial charge in [-0.1, -0.05) is 0 Å². The first-order valence-corrected chi connectivity index (χ1v) is 2.50. The molecule has 0 aliphatic carbocycles. The van der Waals surface area contributed by atoms with Crippen LogP contribution in [-0.4, -0.2) is 18.0 Å². The zero-order chi connectivity index (χ0) is 7.44. The van der Waals surface area contributed by atoms with Gasteiger partial charge in [0.2, 0.25) is 0 Å². The van der Waals surface area contributed by atoms with E-state index in [1.165, 1.54) is 13.8 Å². The molecule has 0 aliphatic rings. The first kappa shape index (κ1) is 7.94. The van der Waals surface area contributed by atoms with Crippen molar-refractivity contribution in [3.8, 4) is 0 Å². The van der Waals surface area contributed by atoms with Crippen molar-refractivity contribution in [3.05, 3.63) is 0 Å². The molecule has 0 saturated heterocycles. The van der Waals surface area contributed by atoms with Crippen LogP contribution in [0, 0.1) is 0 Å². The fourth-order valence-electron chi connectivity index (χ4n) is 0.257. The minimum absolute atomic E-state index is 0.214. The third-order valence-corrected chi connectivity index (χ3v) is 0.865. The molecule has 0 bridgehead atoms. The van der Waals surface area contributed by atoms with Gasteiger partial charge in [0.05, 0.1) is 0 Å². The zero-order valence-corrected chi connectivity index (χ0v) is 5.38. The van der Waals surface area contributed by atoms with Gasteiger partial charge in [0.1, 0.15) is 0 Å². The number of hydrogen-bond acceptors (Lipinski definition) is 3. The molecule has 4 nitrogen and oxygen atoms in total. The Morgan fingerprint density at radius 1 is 1.56 bits per heavy atom. The summed E-state index contributed by atoms with van der Waals surface area (Å²) in [5.74, 6) is -0.214. The van der Waals surface area contributed by atoms with E-state index in [0.717, 1.165) is 0 Å². The molecule has 1 amide bonds. The van der Waals surface area contributed by atoms with E-state index in [4.69, 9.17) is 0 Å². The number of carbonyl (C=O) groups is 2. The first-order valence-electron chi connectivity index (χ1n) is 2.50. The summed E-state index contributed by atoms with van der Waals surface area (Å²) in [5, 5.41) is 0. The fourth-order valence-corrected chi connectivity index (χ4v) is 0.257. The van der Waals surface area contributed by atoms with Crippen molar-refractivity contribution < 1.29 is 14.3 Å². The summed E-state index contributed by atoms with van der Waals surface area (Å²) >= 11 is 0. The largest absolute Gasteiger partial charge is 0.439 e. The molecule has 0 radical (unpaired) electrons. The third-order valence-electron chi connectivity index (χ3n) is 0.865. The maximum atomic E-state index is 10.3. The van der Waals surface area contributed by atoms with Crippen molar-refractivity contribution in [3.63, 3.8) is 0 Å². The minimum Gasteiger partial charge on any atom is -0.439 e. The second kappa shape index (κ2) is 3.06. The van der Waals surface area contributed by atoms with Crippen LogP contribution in [0.1, 0.15) is 13.8 Å². The van der Waals surface area contributed by atoms with E-state index in [9.17, 15) is 9.59 Å². The molecule has 0 rings (SSSR count). The van der Waals surface area contributed by atoms with Crippen LogP contribution < -0.4 is 5.73 Å². The number of Topliss-reactive ketones (excluding diaryl/α,β-unsaturated/α-hetero) is 1. The molecule has 9 heavy (non-hydrogen) atoms. The third kappa shape index (κ3) is 3.52. The molecule has 4 heteroatoms. The Kier molecular flexibility index (Phi) is 2.70. The molecular formula is C5H9NO3. The van der Waals surface area contributed by atoms with Crippen molar-refractivity contribution in [2.75, 3.05) is 0 Å². The van der Waals surface area contributed by atoms with Gasteiger partial charge in [-0.15, -0.1) is 0 Å². The highest BCUT2D eigenvalue weighted by molar-refractivity contribution is 5.82. The predicted octanol–water partition coefficient (Wildman–Crippen LogP) is 0.0592. The van der Waals surface area contributed by atoms with Crippen LogP contribution in [0.25, 0.3) is 0 Å². The lowest BCUT2D eigenvalue weighted by Gasteiger charge is -2.05. The maximum absolute atomic E-state index is 10.3. The SMILES string of the molecule is CC(=O)C(C)OC(N)=O. The number of amides is 1. The van der Waals surface area contributed by atoms with E-state index < -0.39 is 12.2 Å². The van der Waals surface area contributed by atoms with E-state index >= 15 is 0 Å². The van der Waals surface area contributed by atoms with Crippen molar-refractivity contribution in [2.24, 2.45) is 5.73 Å². The molecular weight excluding hydrogens is 122 g/mol. The summed E-state index contributed by atoms with van der Waals surface area (Å²) in [6.07, 6.45) is -1.64. The lowest BCUT2D eigenvalue weighted by atomic mass is 10.3. The fraction of sp³-hybridized carbons (Fsp3) is 0.600. The quantitative estimate of drug-likeness (QED) is 0.576. The van der Waals surface area contributed by atoms with E-state index in [0.29, 0.717) is 0 Å². The van der Waals surface area contributed by atoms with Crippen LogP contribution in [0.2, 0.25) is 0 Å². The molecule has 1 unspecified atom stereocenters. The normalized spacial score (nSPS) is 12.2. The standard InChI is InChI=1S/C5H9NO3/c1-3(7)4(2)9-5(6)8/h4H,1-2H3,(H2,6,8). The molecule has 0 heterocycles. The van der Waals surface area contributed by atoms with Crippen molar-refractivity contribution in [2.45, 2.75) is 20.0 Å². The highest BCUT2D eigenvalue weighted by atomic mass is 16.6. The molecule has 1 atom stereocenters. The average molecular weight is 131 g/mol. The molecule has 2 N–H and O–H groups in total. The Morgan fingerprint density at radius 2 is 2.00 bits per heavy atom. The average Bonchev–Trinajstić information content (AvgIpc) is 1.63. The molecule has 0 aromatic carbocycles. The molecule has 52 valence electrons. The van der Waals surface area contributed by atoms with Gasteiger partial charge in [-0.05, 0) is 13.8 Å². The summed E-state index contributed by atoms with van der Waals surface area (Å²) in [7, 11) is 0. The summed E-state index contributed by atoms with van der Waals surface area (Å²) in [6.45, 7) is 2.79. The molecule has 0 aromatic rings. The van der Waals surface area contributed by atoms with Gasteiger partial charge in [0, 0.05) is 0 Å². The van der Waals surface area contributed by atoms with Crippen molar-refractivity contribution >= 4 is 11.9 Å². The van der Waals surface area contributed by atoms with Crippen molar-refractivity contribution in [1.29, 1.82) is 0 Å². The number of ketones is 1. The summed E-state index contributed by atoms with van der Waals surface area (Å²) in [4.78, 5) is 20.3. The van der Waals surface area contributed by atoms with Gasteiger partial charge in [0.15, 0.2) is 11.9 Å². The Morgan fingerprint density at radius 3 is 2.11 bits per heavy atom.